The van der Waals surface area contributed by atoms with Crippen LogP contribution in [-0.4, -0.2) is 35.2 Å². The third kappa shape index (κ3) is 2.80. The van der Waals surface area contributed by atoms with Gasteiger partial charge in [-0.15, -0.1) is 0 Å². The Kier molecular flexibility index (Phi) is 3.39. The first-order valence-electron chi connectivity index (χ1n) is 5.72. The monoisotopic (exact) mass is 205 g/mol. The summed E-state index contributed by atoms with van der Waals surface area (Å²) >= 11 is 0. The first-order valence-corrected chi connectivity index (χ1v) is 5.72. The second-order valence-electron chi connectivity index (χ2n) is 4.48. The molecule has 2 rings (SSSR count). The van der Waals surface area contributed by atoms with Gasteiger partial charge in [-0.25, -0.2) is 0 Å². The van der Waals surface area contributed by atoms with Crippen molar-refractivity contribution in [3.8, 4) is 0 Å². The van der Waals surface area contributed by atoms with E-state index in [1.165, 1.54) is 5.56 Å². The maximum absolute atomic E-state index is 9.47. The summed E-state index contributed by atoms with van der Waals surface area (Å²) < 4.78 is 0. The van der Waals surface area contributed by atoms with Crippen LogP contribution in [0.2, 0.25) is 0 Å². The van der Waals surface area contributed by atoms with Crippen molar-refractivity contribution in [1.29, 1.82) is 0 Å². The highest BCUT2D eigenvalue weighted by Crippen LogP contribution is 2.15. The summed E-state index contributed by atoms with van der Waals surface area (Å²) in [7, 11) is 0. The number of aliphatic hydroxyl groups excluding tert-OH is 1. The predicted molar refractivity (Wildman–Crippen MR) is 61.8 cm³/mol. The molecule has 1 aromatic rings. The molecule has 0 aliphatic carbocycles. The van der Waals surface area contributed by atoms with E-state index in [1.54, 1.807) is 0 Å². The minimum atomic E-state index is -0.108. The van der Waals surface area contributed by atoms with Gasteiger partial charge >= 0.3 is 0 Å². The van der Waals surface area contributed by atoms with Gasteiger partial charge in [0.25, 0.3) is 0 Å². The second-order valence-corrected chi connectivity index (χ2v) is 4.48. The topological polar surface area (TPSA) is 23.5 Å². The molecular weight excluding hydrogens is 186 g/mol. The zero-order valence-electron chi connectivity index (χ0n) is 9.26. The first kappa shape index (κ1) is 10.7. The molecule has 2 heteroatoms. The number of aliphatic hydroxyl groups is 1. The fourth-order valence-electron chi connectivity index (χ4n) is 2.25. The van der Waals surface area contributed by atoms with Crippen LogP contribution in [0.1, 0.15) is 18.9 Å². The molecule has 0 unspecified atom stereocenters. The van der Waals surface area contributed by atoms with Gasteiger partial charge in [0.05, 0.1) is 6.10 Å². The molecule has 2 atom stereocenters. The summed E-state index contributed by atoms with van der Waals surface area (Å²) in [6.07, 6.45) is 1.90. The van der Waals surface area contributed by atoms with Gasteiger partial charge in [-0.3, -0.25) is 4.90 Å². The Labute approximate surface area is 91.5 Å². The van der Waals surface area contributed by atoms with E-state index in [1.807, 2.05) is 6.07 Å². The Balaban J connectivity index is 1.90. The Hall–Kier alpha value is -0.860. The number of hydrogen-bond donors (Lipinski definition) is 1. The van der Waals surface area contributed by atoms with E-state index in [-0.39, 0.29) is 6.10 Å². The maximum atomic E-state index is 9.47. The average molecular weight is 205 g/mol. The molecule has 0 spiro atoms. The molecule has 0 bridgehead atoms. The van der Waals surface area contributed by atoms with Crippen molar-refractivity contribution in [2.45, 2.75) is 31.9 Å². The van der Waals surface area contributed by atoms with Crippen LogP contribution >= 0.6 is 0 Å². The number of benzene rings is 1. The summed E-state index contributed by atoms with van der Waals surface area (Å²) in [6, 6.07) is 11.1. The molecule has 1 N–H and O–H groups in total. The molecule has 1 aliphatic heterocycles. The summed E-state index contributed by atoms with van der Waals surface area (Å²) in [6.45, 7) is 4.12. The fraction of sp³-hybridized carbons (Fsp3) is 0.538. The van der Waals surface area contributed by atoms with Gasteiger partial charge in [-0.2, -0.15) is 0 Å². The zero-order chi connectivity index (χ0) is 10.7. The quantitative estimate of drug-likeness (QED) is 0.811. The highest BCUT2D eigenvalue weighted by molar-refractivity contribution is 5.15. The SMILES string of the molecule is C[C@@H](Cc1ccccc1)N1CC[C@@H](O)C1. The number of likely N-dealkylation sites (tertiary alicyclic amines) is 1. The fourth-order valence-corrected chi connectivity index (χ4v) is 2.25. The van der Waals surface area contributed by atoms with Crippen LogP contribution in [0.25, 0.3) is 0 Å². The zero-order valence-corrected chi connectivity index (χ0v) is 9.26. The molecule has 1 fully saturated rings. The van der Waals surface area contributed by atoms with Crippen molar-refractivity contribution in [2.75, 3.05) is 13.1 Å². The molecule has 1 saturated heterocycles. The van der Waals surface area contributed by atoms with Gasteiger partial charge in [-0.05, 0) is 25.3 Å². The highest BCUT2D eigenvalue weighted by Gasteiger charge is 2.24. The molecule has 2 nitrogen and oxygen atoms in total. The molecule has 1 aliphatic rings. The van der Waals surface area contributed by atoms with Crippen LogP contribution in [-0.2, 0) is 6.42 Å². The molecule has 82 valence electrons. The standard InChI is InChI=1S/C13H19NO/c1-11(14-8-7-13(15)10-14)9-12-5-3-2-4-6-12/h2-6,11,13,15H,7-10H2,1H3/t11-,13+/m0/s1. The summed E-state index contributed by atoms with van der Waals surface area (Å²) in [5.41, 5.74) is 1.38. The van der Waals surface area contributed by atoms with Gasteiger partial charge in [0.15, 0.2) is 0 Å². The van der Waals surface area contributed by atoms with Gasteiger partial charge in [0, 0.05) is 19.1 Å². The van der Waals surface area contributed by atoms with E-state index in [0.717, 1.165) is 25.9 Å². The van der Waals surface area contributed by atoms with Crippen molar-refractivity contribution >= 4 is 0 Å². The van der Waals surface area contributed by atoms with E-state index in [4.69, 9.17) is 0 Å². The van der Waals surface area contributed by atoms with Crippen molar-refractivity contribution in [1.82, 2.24) is 4.90 Å². The van der Waals surface area contributed by atoms with Gasteiger partial charge < -0.3 is 5.11 Å². The summed E-state index contributed by atoms with van der Waals surface area (Å²) in [4.78, 5) is 2.37. The molecule has 1 aromatic carbocycles. The van der Waals surface area contributed by atoms with Crippen LogP contribution < -0.4 is 0 Å². The summed E-state index contributed by atoms with van der Waals surface area (Å²) in [5.74, 6) is 0. The van der Waals surface area contributed by atoms with Crippen LogP contribution in [0.3, 0.4) is 0 Å². The third-order valence-corrected chi connectivity index (χ3v) is 3.19. The molecule has 0 radical (unpaired) electrons. The lowest BCUT2D eigenvalue weighted by molar-refractivity contribution is 0.162. The molecule has 0 aromatic heterocycles. The minimum Gasteiger partial charge on any atom is -0.392 e. The van der Waals surface area contributed by atoms with Gasteiger partial charge in [-0.1, -0.05) is 30.3 Å². The number of hydrogen-bond acceptors (Lipinski definition) is 2. The molecule has 0 amide bonds. The lowest BCUT2D eigenvalue weighted by atomic mass is 10.1. The number of rotatable bonds is 3. The molecule has 0 saturated carbocycles. The Morgan fingerprint density at radius 1 is 1.40 bits per heavy atom. The van der Waals surface area contributed by atoms with Crippen molar-refractivity contribution < 1.29 is 5.11 Å². The van der Waals surface area contributed by atoms with Gasteiger partial charge in [0.2, 0.25) is 0 Å². The van der Waals surface area contributed by atoms with E-state index in [0.29, 0.717) is 6.04 Å². The largest absolute Gasteiger partial charge is 0.392 e. The van der Waals surface area contributed by atoms with Crippen LogP contribution in [0.15, 0.2) is 30.3 Å². The summed E-state index contributed by atoms with van der Waals surface area (Å²) in [5, 5.41) is 9.47. The normalized spacial score (nSPS) is 24.3. The van der Waals surface area contributed by atoms with Crippen molar-refractivity contribution in [3.05, 3.63) is 35.9 Å². The highest BCUT2D eigenvalue weighted by atomic mass is 16.3. The van der Waals surface area contributed by atoms with E-state index >= 15 is 0 Å². The smallest absolute Gasteiger partial charge is 0.0679 e. The lowest BCUT2D eigenvalue weighted by Crippen LogP contribution is -2.33. The van der Waals surface area contributed by atoms with Gasteiger partial charge in [0.1, 0.15) is 0 Å². The molecular formula is C13H19NO. The van der Waals surface area contributed by atoms with Crippen LogP contribution in [0.4, 0.5) is 0 Å². The lowest BCUT2D eigenvalue weighted by Gasteiger charge is -2.23. The third-order valence-electron chi connectivity index (χ3n) is 3.19. The van der Waals surface area contributed by atoms with E-state index in [2.05, 4.69) is 36.1 Å². The predicted octanol–water partition coefficient (Wildman–Crippen LogP) is 1.68. The Morgan fingerprint density at radius 2 is 2.13 bits per heavy atom. The van der Waals surface area contributed by atoms with Crippen LogP contribution in [0.5, 0.6) is 0 Å². The second kappa shape index (κ2) is 4.77. The average Bonchev–Trinajstić information content (AvgIpc) is 2.66. The van der Waals surface area contributed by atoms with E-state index in [9.17, 15) is 5.11 Å². The molecule has 15 heavy (non-hydrogen) atoms. The Bertz CT molecular complexity index is 299. The molecule has 1 heterocycles. The van der Waals surface area contributed by atoms with Crippen molar-refractivity contribution in [2.24, 2.45) is 0 Å². The number of β-amino-alcohol motifs (C(OH)–C–C–N with tert-alkyl or cyclic N) is 1. The minimum absolute atomic E-state index is 0.108. The maximum Gasteiger partial charge on any atom is 0.0679 e. The van der Waals surface area contributed by atoms with E-state index < -0.39 is 0 Å². The number of nitrogens with zero attached hydrogens (tertiary/aromatic N) is 1. The van der Waals surface area contributed by atoms with Crippen LogP contribution in [0, 0.1) is 0 Å². The van der Waals surface area contributed by atoms with Crippen molar-refractivity contribution in [3.63, 3.8) is 0 Å². The Morgan fingerprint density at radius 3 is 2.73 bits per heavy atom. The first-order chi connectivity index (χ1) is 7.25.